The van der Waals surface area contributed by atoms with Gasteiger partial charge in [0, 0.05) is 19.2 Å². The molecule has 6 nitrogen and oxygen atoms in total. The van der Waals surface area contributed by atoms with Crippen molar-refractivity contribution >= 4 is 17.7 Å². The van der Waals surface area contributed by atoms with Gasteiger partial charge in [-0.25, -0.2) is 13.6 Å². The van der Waals surface area contributed by atoms with Crippen LogP contribution in [0.25, 0.3) is 0 Å². The van der Waals surface area contributed by atoms with Gasteiger partial charge in [-0.1, -0.05) is 0 Å². The number of anilines is 1. The highest BCUT2D eigenvalue weighted by molar-refractivity contribution is 5.91. The molecule has 1 aromatic rings. The fourth-order valence-electron chi connectivity index (χ4n) is 1.52. The Morgan fingerprint density at radius 2 is 1.90 bits per heavy atom. The van der Waals surface area contributed by atoms with E-state index >= 15 is 0 Å². The topological polar surface area (TPSA) is 72.9 Å². The van der Waals surface area contributed by atoms with E-state index in [2.05, 4.69) is 5.32 Å². The molecule has 0 aliphatic heterocycles. The molecule has 0 unspecified atom stereocenters. The Morgan fingerprint density at radius 3 is 2.43 bits per heavy atom. The van der Waals surface area contributed by atoms with E-state index in [1.54, 1.807) is 19.0 Å². The summed E-state index contributed by atoms with van der Waals surface area (Å²) in [6, 6.07) is 1.95. The molecule has 1 rings (SSSR count). The van der Waals surface area contributed by atoms with E-state index in [0.29, 0.717) is 12.6 Å². The van der Waals surface area contributed by atoms with Crippen molar-refractivity contribution in [2.75, 3.05) is 39.0 Å². The normalized spacial score (nSPS) is 10.5. The smallest absolute Gasteiger partial charge is 0.323 e. The number of nitrogens with zero attached hydrogens (tertiary/aromatic N) is 2. The number of hydrogen-bond donors (Lipinski definition) is 2. The van der Waals surface area contributed by atoms with Gasteiger partial charge in [-0.05, 0) is 26.2 Å². The molecule has 0 fully saturated rings. The summed E-state index contributed by atoms with van der Waals surface area (Å²) in [7, 11) is 3.55. The van der Waals surface area contributed by atoms with Crippen LogP contribution in [0, 0.1) is 11.6 Å². The minimum absolute atomic E-state index is 0.161. The largest absolute Gasteiger partial charge is 0.480 e. The van der Waals surface area contributed by atoms with Gasteiger partial charge in [0.25, 0.3) is 0 Å². The molecular formula is C13H17F2N3O3. The summed E-state index contributed by atoms with van der Waals surface area (Å²) in [4.78, 5) is 25.5. The van der Waals surface area contributed by atoms with Gasteiger partial charge >= 0.3 is 12.0 Å². The first-order valence-electron chi connectivity index (χ1n) is 6.17. The number of hydrogen-bond acceptors (Lipinski definition) is 3. The molecule has 0 bridgehead atoms. The third-order valence-corrected chi connectivity index (χ3v) is 2.60. The van der Waals surface area contributed by atoms with Gasteiger partial charge in [0.2, 0.25) is 0 Å². The van der Waals surface area contributed by atoms with Gasteiger partial charge < -0.3 is 20.2 Å². The molecule has 0 saturated heterocycles. The van der Waals surface area contributed by atoms with Gasteiger partial charge in [0.05, 0.1) is 5.69 Å². The molecule has 21 heavy (non-hydrogen) atoms. The van der Waals surface area contributed by atoms with Crippen molar-refractivity contribution in [3.8, 4) is 0 Å². The number of carboxylic acid groups (broad SMARTS) is 1. The summed E-state index contributed by atoms with van der Waals surface area (Å²) in [5, 5.41) is 11.0. The average molecular weight is 301 g/mol. The van der Waals surface area contributed by atoms with Crippen molar-refractivity contribution in [3.63, 3.8) is 0 Å². The van der Waals surface area contributed by atoms with Crippen LogP contribution in [-0.4, -0.2) is 60.6 Å². The maximum absolute atomic E-state index is 13.5. The van der Waals surface area contributed by atoms with Gasteiger partial charge in [0.1, 0.15) is 18.2 Å². The van der Waals surface area contributed by atoms with E-state index < -0.39 is 30.2 Å². The molecule has 116 valence electrons. The first-order valence-corrected chi connectivity index (χ1v) is 6.17. The number of nitrogens with one attached hydrogen (secondary N) is 1. The zero-order valence-electron chi connectivity index (χ0n) is 11.8. The highest BCUT2D eigenvalue weighted by atomic mass is 19.1. The van der Waals surface area contributed by atoms with Crippen LogP contribution in [0.15, 0.2) is 18.2 Å². The van der Waals surface area contributed by atoms with E-state index in [1.807, 2.05) is 0 Å². The molecule has 0 saturated carbocycles. The van der Waals surface area contributed by atoms with E-state index in [4.69, 9.17) is 5.11 Å². The number of rotatable bonds is 6. The molecule has 2 amide bonds. The predicted octanol–water partition coefficient (Wildman–Crippen LogP) is 1.44. The summed E-state index contributed by atoms with van der Waals surface area (Å²) in [5.74, 6) is -2.87. The maximum Gasteiger partial charge on any atom is 0.323 e. The maximum atomic E-state index is 13.5. The number of carboxylic acids is 1. The Morgan fingerprint density at radius 1 is 1.24 bits per heavy atom. The third-order valence-electron chi connectivity index (χ3n) is 2.60. The van der Waals surface area contributed by atoms with Crippen molar-refractivity contribution < 1.29 is 23.5 Å². The lowest BCUT2D eigenvalue weighted by atomic mass is 10.3. The molecule has 8 heteroatoms. The van der Waals surface area contributed by atoms with Crippen molar-refractivity contribution in [1.82, 2.24) is 9.80 Å². The van der Waals surface area contributed by atoms with E-state index in [-0.39, 0.29) is 12.2 Å². The van der Waals surface area contributed by atoms with Crippen LogP contribution in [-0.2, 0) is 4.79 Å². The van der Waals surface area contributed by atoms with Crippen LogP contribution in [0.1, 0.15) is 0 Å². The second-order valence-corrected chi connectivity index (χ2v) is 4.67. The Bertz CT molecular complexity index is 523. The average Bonchev–Trinajstić information content (AvgIpc) is 2.37. The molecule has 0 atom stereocenters. The first kappa shape index (κ1) is 16.8. The molecule has 0 aliphatic rings. The third kappa shape index (κ3) is 5.74. The second-order valence-electron chi connectivity index (χ2n) is 4.67. The van der Waals surface area contributed by atoms with Gasteiger partial charge in [-0.3, -0.25) is 4.79 Å². The number of urea groups is 1. The lowest BCUT2D eigenvalue weighted by Crippen LogP contribution is -2.42. The Labute approximate surface area is 121 Å². The van der Waals surface area contributed by atoms with E-state index in [9.17, 15) is 18.4 Å². The van der Waals surface area contributed by atoms with E-state index in [0.717, 1.165) is 17.0 Å². The fourth-order valence-corrected chi connectivity index (χ4v) is 1.52. The van der Waals surface area contributed by atoms with Gasteiger partial charge in [0.15, 0.2) is 0 Å². The number of amides is 2. The van der Waals surface area contributed by atoms with Crippen LogP contribution in [0.2, 0.25) is 0 Å². The number of likely N-dealkylation sites (N-methyl/N-ethyl adjacent to an activating group) is 1. The standard InChI is InChI=1S/C13H17F2N3O3/c1-17(2)5-6-18(8-12(19)20)13(21)16-11-4-3-9(14)7-10(11)15/h3-4,7H,5-6,8H2,1-2H3,(H,16,21)(H,19,20). The Balaban J connectivity index is 2.77. The molecule has 0 radical (unpaired) electrons. The fraction of sp³-hybridized carbons (Fsp3) is 0.385. The van der Waals surface area contributed by atoms with Crippen molar-refractivity contribution in [2.24, 2.45) is 0 Å². The highest BCUT2D eigenvalue weighted by Crippen LogP contribution is 2.15. The van der Waals surface area contributed by atoms with Crippen LogP contribution in [0.5, 0.6) is 0 Å². The van der Waals surface area contributed by atoms with Gasteiger partial charge in [-0.2, -0.15) is 0 Å². The number of carbonyl (C=O) groups excluding carboxylic acids is 1. The number of carbonyl (C=O) groups is 2. The Kier molecular flexibility index (Phi) is 6.04. The molecule has 2 N–H and O–H groups in total. The molecule has 0 aliphatic carbocycles. The SMILES string of the molecule is CN(C)CCN(CC(=O)O)C(=O)Nc1ccc(F)cc1F. The lowest BCUT2D eigenvalue weighted by Gasteiger charge is -2.23. The van der Waals surface area contributed by atoms with Crippen molar-refractivity contribution in [3.05, 3.63) is 29.8 Å². The van der Waals surface area contributed by atoms with Crippen molar-refractivity contribution in [2.45, 2.75) is 0 Å². The summed E-state index contributed by atoms with van der Waals surface area (Å²) in [5.41, 5.74) is -0.207. The number of halogens is 2. The summed E-state index contributed by atoms with van der Waals surface area (Å²) in [6.45, 7) is 0.100. The first-order chi connectivity index (χ1) is 9.79. The highest BCUT2D eigenvalue weighted by Gasteiger charge is 2.18. The van der Waals surface area contributed by atoms with Gasteiger partial charge in [-0.15, -0.1) is 0 Å². The summed E-state index contributed by atoms with van der Waals surface area (Å²) >= 11 is 0. The number of aliphatic carboxylic acids is 1. The minimum atomic E-state index is -1.18. The zero-order valence-corrected chi connectivity index (χ0v) is 11.8. The van der Waals surface area contributed by atoms with Crippen LogP contribution < -0.4 is 5.32 Å². The summed E-state index contributed by atoms with van der Waals surface area (Å²) in [6.07, 6.45) is 0. The van der Waals surface area contributed by atoms with Crippen LogP contribution in [0.3, 0.4) is 0 Å². The molecule has 0 spiro atoms. The quantitative estimate of drug-likeness (QED) is 0.834. The molecular weight excluding hydrogens is 284 g/mol. The lowest BCUT2D eigenvalue weighted by molar-refractivity contribution is -0.137. The van der Waals surface area contributed by atoms with Crippen molar-refractivity contribution in [1.29, 1.82) is 0 Å². The van der Waals surface area contributed by atoms with E-state index in [1.165, 1.54) is 0 Å². The molecule has 0 heterocycles. The summed E-state index contributed by atoms with van der Waals surface area (Å²) < 4.78 is 26.2. The zero-order chi connectivity index (χ0) is 16.0. The van der Waals surface area contributed by atoms with Crippen LogP contribution in [0.4, 0.5) is 19.3 Å². The monoisotopic (exact) mass is 301 g/mol. The minimum Gasteiger partial charge on any atom is -0.480 e. The van der Waals surface area contributed by atoms with Crippen LogP contribution >= 0.6 is 0 Å². The second kappa shape index (κ2) is 7.53. The molecule has 1 aromatic carbocycles. The number of benzene rings is 1. The molecule has 0 aromatic heterocycles. The predicted molar refractivity (Wildman–Crippen MR) is 73.1 cm³/mol. The Hall–Kier alpha value is -2.22.